The van der Waals surface area contributed by atoms with Gasteiger partial charge in [0.15, 0.2) is 0 Å². The maximum Gasteiger partial charge on any atom is 0.290 e. The van der Waals surface area contributed by atoms with E-state index in [1.165, 1.54) is 0 Å². The Morgan fingerprint density at radius 1 is 1.31 bits per heavy atom. The Morgan fingerprint density at radius 2 is 2.04 bits per heavy atom. The second-order valence-electron chi connectivity index (χ2n) is 6.03. The summed E-state index contributed by atoms with van der Waals surface area (Å²) < 4.78 is 5.95. The number of allylic oxidation sites excluding steroid dienone is 1. The molecule has 1 heterocycles. The number of aliphatic hydroxyl groups excluding tert-OH is 1. The standard InChI is InChI=1S/C20H19NO4S/c1-12-10-14(11-17-19(23)21-20(24)26-17)15-7-3-4-8-16(15)18(12)25-9-5-6-13(2)22/h3-4,7-8,10-11,22H,2,5-6,9H2,1H3,(H,21,23,24)/b17-11-. The van der Waals surface area contributed by atoms with E-state index >= 15 is 0 Å². The Kier molecular flexibility index (Phi) is 5.32. The van der Waals surface area contributed by atoms with E-state index in [1.54, 1.807) is 6.08 Å². The van der Waals surface area contributed by atoms with Crippen molar-refractivity contribution in [3.8, 4) is 5.75 Å². The third-order valence-electron chi connectivity index (χ3n) is 4.00. The summed E-state index contributed by atoms with van der Waals surface area (Å²) in [6.07, 6.45) is 2.91. The molecule has 2 aromatic carbocycles. The lowest BCUT2D eigenvalue weighted by Crippen LogP contribution is -2.17. The number of rotatable bonds is 6. The molecule has 0 unspecified atom stereocenters. The lowest BCUT2D eigenvalue weighted by Gasteiger charge is -2.14. The van der Waals surface area contributed by atoms with Crippen LogP contribution in [0.4, 0.5) is 4.79 Å². The number of aliphatic hydroxyl groups is 1. The largest absolute Gasteiger partial charge is 0.513 e. The molecule has 5 nitrogen and oxygen atoms in total. The third kappa shape index (κ3) is 3.91. The van der Waals surface area contributed by atoms with Gasteiger partial charge in [-0.3, -0.25) is 14.9 Å². The average Bonchev–Trinajstić information content (AvgIpc) is 2.91. The first-order valence-electron chi connectivity index (χ1n) is 8.22. The Labute approximate surface area is 155 Å². The van der Waals surface area contributed by atoms with Gasteiger partial charge in [0.1, 0.15) is 5.75 Å². The topological polar surface area (TPSA) is 75.6 Å². The van der Waals surface area contributed by atoms with Crippen molar-refractivity contribution in [1.82, 2.24) is 5.32 Å². The summed E-state index contributed by atoms with van der Waals surface area (Å²) in [5.41, 5.74) is 1.80. The van der Waals surface area contributed by atoms with Crippen molar-refractivity contribution in [3.05, 3.63) is 58.7 Å². The molecule has 1 aliphatic rings. The van der Waals surface area contributed by atoms with E-state index in [-0.39, 0.29) is 16.9 Å². The maximum absolute atomic E-state index is 11.8. The normalized spacial score (nSPS) is 15.5. The summed E-state index contributed by atoms with van der Waals surface area (Å²) >= 11 is 0.905. The quantitative estimate of drug-likeness (QED) is 0.438. The van der Waals surface area contributed by atoms with Gasteiger partial charge in [0, 0.05) is 11.8 Å². The Balaban J connectivity index is 1.96. The van der Waals surface area contributed by atoms with E-state index in [9.17, 15) is 14.7 Å². The molecule has 0 spiro atoms. The minimum absolute atomic E-state index is 0.152. The summed E-state index contributed by atoms with van der Waals surface area (Å²) in [6.45, 7) is 5.89. The summed E-state index contributed by atoms with van der Waals surface area (Å²) in [5.74, 6) is 0.566. The van der Waals surface area contributed by atoms with Crippen molar-refractivity contribution in [2.24, 2.45) is 0 Å². The molecule has 2 N–H and O–H groups in total. The van der Waals surface area contributed by atoms with Gasteiger partial charge in [-0.2, -0.15) is 0 Å². The fourth-order valence-corrected chi connectivity index (χ4v) is 3.52. The van der Waals surface area contributed by atoms with Gasteiger partial charge in [-0.05, 0) is 53.8 Å². The number of hydrogen-bond acceptors (Lipinski definition) is 5. The molecule has 0 aromatic heterocycles. The molecular weight excluding hydrogens is 350 g/mol. The van der Waals surface area contributed by atoms with Gasteiger partial charge in [-0.25, -0.2) is 0 Å². The molecule has 1 fully saturated rings. The number of amides is 2. The predicted molar refractivity (Wildman–Crippen MR) is 104 cm³/mol. The molecule has 0 radical (unpaired) electrons. The molecule has 0 bridgehead atoms. The van der Waals surface area contributed by atoms with Crippen LogP contribution in [-0.4, -0.2) is 22.9 Å². The van der Waals surface area contributed by atoms with Gasteiger partial charge in [-0.15, -0.1) is 0 Å². The smallest absolute Gasteiger partial charge is 0.290 e. The van der Waals surface area contributed by atoms with E-state index in [0.29, 0.717) is 24.4 Å². The monoisotopic (exact) mass is 369 g/mol. The van der Waals surface area contributed by atoms with E-state index < -0.39 is 0 Å². The Morgan fingerprint density at radius 3 is 2.69 bits per heavy atom. The fourth-order valence-electron chi connectivity index (χ4n) is 2.85. The highest BCUT2D eigenvalue weighted by molar-refractivity contribution is 8.18. The molecule has 2 amide bonds. The van der Waals surface area contributed by atoms with Crippen LogP contribution in [0.3, 0.4) is 0 Å². The van der Waals surface area contributed by atoms with Gasteiger partial charge < -0.3 is 9.84 Å². The van der Waals surface area contributed by atoms with Gasteiger partial charge in [0.2, 0.25) is 0 Å². The maximum atomic E-state index is 11.8. The van der Waals surface area contributed by atoms with Crippen molar-refractivity contribution in [2.75, 3.05) is 6.61 Å². The second kappa shape index (κ2) is 7.66. The van der Waals surface area contributed by atoms with Gasteiger partial charge >= 0.3 is 0 Å². The Bertz CT molecular complexity index is 933. The molecule has 0 saturated carbocycles. The van der Waals surface area contributed by atoms with Crippen molar-refractivity contribution in [1.29, 1.82) is 0 Å². The fraction of sp³-hybridized carbons (Fsp3) is 0.200. The highest BCUT2D eigenvalue weighted by atomic mass is 32.2. The number of benzene rings is 2. The summed E-state index contributed by atoms with van der Waals surface area (Å²) in [7, 11) is 0. The van der Waals surface area contributed by atoms with Gasteiger partial charge in [-0.1, -0.05) is 30.8 Å². The number of imide groups is 1. The highest BCUT2D eigenvalue weighted by Gasteiger charge is 2.25. The zero-order valence-corrected chi connectivity index (χ0v) is 15.2. The number of nitrogens with one attached hydrogen (secondary N) is 1. The van der Waals surface area contributed by atoms with E-state index in [4.69, 9.17) is 4.74 Å². The molecule has 3 rings (SSSR count). The van der Waals surface area contributed by atoms with Crippen molar-refractivity contribution >= 4 is 39.8 Å². The van der Waals surface area contributed by atoms with Crippen LogP contribution in [0.1, 0.15) is 24.0 Å². The van der Waals surface area contributed by atoms with Gasteiger partial charge in [0.25, 0.3) is 11.1 Å². The summed E-state index contributed by atoms with van der Waals surface area (Å²) in [5, 5.41) is 13.0. The van der Waals surface area contributed by atoms with Crippen LogP contribution in [0.2, 0.25) is 0 Å². The molecule has 0 aliphatic carbocycles. The van der Waals surface area contributed by atoms with Crippen LogP contribution in [-0.2, 0) is 4.79 Å². The van der Waals surface area contributed by atoms with Crippen LogP contribution >= 0.6 is 11.8 Å². The first kappa shape index (κ1) is 18.1. The molecule has 134 valence electrons. The first-order chi connectivity index (χ1) is 12.5. The number of fused-ring (bicyclic) bond motifs is 1. The molecule has 6 heteroatoms. The van der Waals surface area contributed by atoms with E-state index in [1.807, 2.05) is 37.3 Å². The number of ether oxygens (including phenoxy) is 1. The lowest BCUT2D eigenvalue weighted by molar-refractivity contribution is -0.115. The van der Waals surface area contributed by atoms with E-state index in [0.717, 1.165) is 39.4 Å². The zero-order chi connectivity index (χ0) is 18.7. The number of aryl methyl sites for hydroxylation is 1. The van der Waals surface area contributed by atoms with Crippen molar-refractivity contribution in [2.45, 2.75) is 19.8 Å². The van der Waals surface area contributed by atoms with Crippen LogP contribution in [0.5, 0.6) is 5.75 Å². The van der Waals surface area contributed by atoms with Crippen molar-refractivity contribution < 1.29 is 19.4 Å². The number of carbonyl (C=O) groups is 2. The first-order valence-corrected chi connectivity index (χ1v) is 9.04. The molecule has 1 aliphatic heterocycles. The second-order valence-corrected chi connectivity index (χ2v) is 7.04. The summed E-state index contributed by atoms with van der Waals surface area (Å²) in [4.78, 5) is 23.6. The lowest BCUT2D eigenvalue weighted by atomic mass is 9.99. The molecule has 2 aromatic rings. The SMILES string of the molecule is C=C(O)CCCOc1c(C)cc(/C=C2\SC(=O)NC2=O)c2ccccc12. The predicted octanol–water partition coefficient (Wildman–Crippen LogP) is 4.70. The number of carbonyl (C=O) groups excluding carboxylic acids is 2. The van der Waals surface area contributed by atoms with Crippen LogP contribution in [0, 0.1) is 6.92 Å². The Hall–Kier alpha value is -2.73. The van der Waals surface area contributed by atoms with Gasteiger partial charge in [0.05, 0.1) is 17.3 Å². The molecular formula is C20H19NO4S. The number of thioether (sulfide) groups is 1. The number of hydrogen-bond donors (Lipinski definition) is 2. The van der Waals surface area contributed by atoms with E-state index in [2.05, 4.69) is 11.9 Å². The molecule has 0 atom stereocenters. The zero-order valence-electron chi connectivity index (χ0n) is 14.4. The molecule has 1 saturated heterocycles. The van der Waals surface area contributed by atoms with Crippen LogP contribution < -0.4 is 10.1 Å². The highest BCUT2D eigenvalue weighted by Crippen LogP contribution is 2.35. The summed E-state index contributed by atoms with van der Waals surface area (Å²) in [6, 6.07) is 9.74. The average molecular weight is 369 g/mol. The van der Waals surface area contributed by atoms with Crippen LogP contribution in [0.25, 0.3) is 16.8 Å². The molecule has 26 heavy (non-hydrogen) atoms. The van der Waals surface area contributed by atoms with Crippen LogP contribution in [0.15, 0.2) is 47.6 Å². The third-order valence-corrected chi connectivity index (χ3v) is 4.81. The minimum atomic E-state index is -0.369. The van der Waals surface area contributed by atoms with Crippen molar-refractivity contribution in [3.63, 3.8) is 0 Å². The minimum Gasteiger partial charge on any atom is -0.513 e.